The first-order valence-corrected chi connectivity index (χ1v) is 18.1. The molecule has 13 heteroatoms. The van der Waals surface area contributed by atoms with Gasteiger partial charge in [0, 0.05) is 23.7 Å². The topological polar surface area (TPSA) is 125 Å². The number of carbonyl (C=O) groups excluding carboxylic acids is 2. The number of hydrogen-bond donors (Lipinski definition) is 2. The van der Waals surface area contributed by atoms with E-state index in [4.69, 9.17) is 18.6 Å². The van der Waals surface area contributed by atoms with Gasteiger partial charge in [0.25, 0.3) is 0 Å². The van der Waals surface area contributed by atoms with Gasteiger partial charge in [0.15, 0.2) is 19.6 Å². The molecule has 2 N–H and O–H groups in total. The predicted molar refractivity (Wildman–Crippen MR) is 172 cm³/mol. The Labute approximate surface area is 265 Å². The first kappa shape index (κ1) is 34.2. The molecule has 3 aromatic rings. The van der Waals surface area contributed by atoms with Gasteiger partial charge >= 0.3 is 12.1 Å². The van der Waals surface area contributed by atoms with Crippen molar-refractivity contribution in [2.75, 3.05) is 25.1 Å². The van der Waals surface area contributed by atoms with E-state index in [1.807, 2.05) is 6.92 Å². The summed E-state index contributed by atoms with van der Waals surface area (Å²) in [7, 11) is -2.21. The van der Waals surface area contributed by atoms with Gasteiger partial charge in [-0.1, -0.05) is 20.8 Å². The van der Waals surface area contributed by atoms with E-state index in [0.29, 0.717) is 34.8 Å². The molecule has 0 aliphatic carbocycles. The van der Waals surface area contributed by atoms with Crippen LogP contribution in [0, 0.1) is 5.82 Å². The number of anilines is 1. The Bertz CT molecular complexity index is 1560. The highest BCUT2D eigenvalue weighted by Gasteiger charge is 2.46. The number of esters is 1. The third-order valence-electron chi connectivity index (χ3n) is 8.14. The highest BCUT2D eigenvalue weighted by atomic mass is 28.4. The number of aromatic nitrogens is 3. The molecule has 11 nitrogen and oxygen atoms in total. The van der Waals surface area contributed by atoms with Crippen LogP contribution in [0.15, 0.2) is 30.6 Å². The molecular formula is C32H46FN5O6Si. The fraction of sp³-hybridized carbons (Fsp3) is 0.562. The Morgan fingerprint density at radius 1 is 1.20 bits per heavy atom. The zero-order valence-electron chi connectivity index (χ0n) is 28.0. The molecule has 1 aromatic carbocycles. The third kappa shape index (κ3) is 7.93. The summed E-state index contributed by atoms with van der Waals surface area (Å²) in [6, 6.07) is 4.17. The van der Waals surface area contributed by atoms with Crippen molar-refractivity contribution in [2.24, 2.45) is 0 Å². The van der Waals surface area contributed by atoms with Crippen LogP contribution in [-0.2, 0) is 20.3 Å². The molecule has 0 saturated heterocycles. The van der Waals surface area contributed by atoms with E-state index in [-0.39, 0.29) is 30.4 Å². The molecular weight excluding hydrogens is 597 g/mol. The molecule has 3 heterocycles. The first-order chi connectivity index (χ1) is 20.8. The third-order valence-corrected chi connectivity index (χ3v) is 12.6. The maximum absolute atomic E-state index is 15.1. The number of rotatable bonds is 10. The minimum absolute atomic E-state index is 0.0509. The van der Waals surface area contributed by atoms with Crippen LogP contribution in [0.25, 0.3) is 5.65 Å². The molecule has 0 radical (unpaired) electrons. The second-order valence-electron chi connectivity index (χ2n) is 14.1. The van der Waals surface area contributed by atoms with E-state index in [1.165, 1.54) is 22.8 Å². The van der Waals surface area contributed by atoms with Crippen LogP contribution in [-0.4, -0.2) is 65.9 Å². The predicted octanol–water partition coefficient (Wildman–Crippen LogP) is 6.44. The van der Waals surface area contributed by atoms with Crippen LogP contribution in [0.2, 0.25) is 18.1 Å². The van der Waals surface area contributed by atoms with Crippen LogP contribution in [0.3, 0.4) is 0 Å². The van der Waals surface area contributed by atoms with Crippen molar-refractivity contribution in [1.29, 1.82) is 0 Å². The van der Waals surface area contributed by atoms with Crippen LogP contribution >= 0.6 is 0 Å². The largest absolute Gasteiger partial charge is 0.482 e. The Hall–Kier alpha value is -3.71. The zero-order valence-corrected chi connectivity index (χ0v) is 29.0. The molecule has 0 saturated carbocycles. The molecule has 2 atom stereocenters. The average Bonchev–Trinajstić information content (AvgIpc) is 3.50. The Kier molecular flexibility index (Phi) is 9.56. The summed E-state index contributed by atoms with van der Waals surface area (Å²) >= 11 is 0. The molecule has 45 heavy (non-hydrogen) atoms. The Morgan fingerprint density at radius 2 is 1.91 bits per heavy atom. The van der Waals surface area contributed by atoms with Gasteiger partial charge in [0.05, 0.1) is 32.0 Å². The lowest BCUT2D eigenvalue weighted by Gasteiger charge is -2.39. The van der Waals surface area contributed by atoms with Crippen LogP contribution < -0.4 is 15.4 Å². The summed E-state index contributed by atoms with van der Waals surface area (Å²) in [5.74, 6) is 0.0545. The van der Waals surface area contributed by atoms with E-state index in [0.717, 1.165) is 0 Å². The molecule has 0 fully saturated rings. The number of nitrogens with one attached hydrogen (secondary N) is 2. The fourth-order valence-corrected chi connectivity index (χ4v) is 5.81. The van der Waals surface area contributed by atoms with Crippen molar-refractivity contribution in [2.45, 2.75) is 97.2 Å². The van der Waals surface area contributed by atoms with Crippen LogP contribution in [0.1, 0.15) is 82.9 Å². The number of hydrogen-bond acceptors (Lipinski definition) is 9. The van der Waals surface area contributed by atoms with Crippen molar-refractivity contribution in [3.63, 3.8) is 0 Å². The maximum atomic E-state index is 15.1. The highest BCUT2D eigenvalue weighted by molar-refractivity contribution is 6.74. The van der Waals surface area contributed by atoms with E-state index < -0.39 is 43.4 Å². The SMILES string of the molecule is CCOC(=O)c1cnn2ccc(NC(C)c3cc(F)cc4c3OC(CNC(=O)OC(C)(C)C)(CO[Si](C)(C)C(C)(C)C)C4)nc12. The summed E-state index contributed by atoms with van der Waals surface area (Å²) in [5.41, 5.74) is 0.176. The molecule has 246 valence electrons. The van der Waals surface area contributed by atoms with Crippen LogP contribution in [0.5, 0.6) is 5.75 Å². The van der Waals surface area contributed by atoms with Crippen LogP contribution in [0.4, 0.5) is 15.0 Å². The summed E-state index contributed by atoms with van der Waals surface area (Å²) in [5, 5.41) is 10.3. The number of alkyl carbamates (subject to hydrolysis) is 1. The lowest BCUT2D eigenvalue weighted by molar-refractivity contribution is 0.0208. The molecule has 1 amide bonds. The quantitative estimate of drug-likeness (QED) is 0.190. The summed E-state index contributed by atoms with van der Waals surface area (Å²) in [6.07, 6.45) is 2.85. The monoisotopic (exact) mass is 643 g/mol. The van der Waals surface area contributed by atoms with Gasteiger partial charge in [-0.05, 0) is 71.0 Å². The van der Waals surface area contributed by atoms with Gasteiger partial charge in [0.1, 0.15) is 28.5 Å². The lowest BCUT2D eigenvalue weighted by Crippen LogP contribution is -2.54. The number of benzene rings is 1. The Balaban J connectivity index is 1.62. The summed E-state index contributed by atoms with van der Waals surface area (Å²) in [6.45, 7) is 20.3. The maximum Gasteiger partial charge on any atom is 0.407 e. The number of nitrogens with zero attached hydrogens (tertiary/aromatic N) is 3. The van der Waals surface area contributed by atoms with Gasteiger partial charge < -0.3 is 29.3 Å². The minimum Gasteiger partial charge on any atom is -0.482 e. The molecule has 0 spiro atoms. The van der Waals surface area contributed by atoms with Gasteiger partial charge in [0.2, 0.25) is 0 Å². The number of halogens is 1. The second-order valence-corrected chi connectivity index (χ2v) is 18.9. The van der Waals surface area contributed by atoms with Gasteiger partial charge in [-0.15, -0.1) is 0 Å². The molecule has 4 rings (SSSR count). The summed E-state index contributed by atoms with van der Waals surface area (Å²) in [4.78, 5) is 29.6. The standard InChI is InChI=1S/C32H46FN5O6Si/c1-11-41-28(39)24-17-35-38-13-12-25(37-27(24)38)36-20(2)23-15-22(33)14-21-16-32(43-26(21)23,18-34-29(40)44-30(3,4)5)19-42-45(9,10)31(6,7)8/h12-15,17,20H,11,16,18-19H2,1-10H3,(H,34,40)(H,36,37). The normalized spacial score (nSPS) is 17.4. The first-order valence-electron chi connectivity index (χ1n) is 15.2. The number of fused-ring (bicyclic) bond motifs is 2. The number of ether oxygens (including phenoxy) is 3. The second kappa shape index (κ2) is 12.6. The number of amides is 1. The van der Waals surface area contributed by atoms with E-state index >= 15 is 4.39 Å². The van der Waals surface area contributed by atoms with Gasteiger partial charge in [-0.3, -0.25) is 0 Å². The van der Waals surface area contributed by atoms with Gasteiger partial charge in [-0.25, -0.2) is 23.5 Å². The van der Waals surface area contributed by atoms with Crippen molar-refractivity contribution in [3.05, 3.63) is 53.1 Å². The van der Waals surface area contributed by atoms with Crippen molar-refractivity contribution in [3.8, 4) is 5.75 Å². The van der Waals surface area contributed by atoms with E-state index in [2.05, 4.69) is 54.6 Å². The molecule has 0 bridgehead atoms. The Morgan fingerprint density at radius 3 is 2.56 bits per heavy atom. The molecule has 2 aromatic heterocycles. The van der Waals surface area contributed by atoms with E-state index in [1.54, 1.807) is 40.0 Å². The average molecular weight is 644 g/mol. The smallest absolute Gasteiger partial charge is 0.407 e. The molecule has 1 aliphatic heterocycles. The fourth-order valence-electron chi connectivity index (χ4n) is 4.76. The zero-order chi connectivity index (χ0) is 33.4. The van der Waals surface area contributed by atoms with Gasteiger partial charge in [-0.2, -0.15) is 5.10 Å². The molecule has 2 unspecified atom stereocenters. The lowest BCUT2D eigenvalue weighted by atomic mass is 9.96. The van der Waals surface area contributed by atoms with Crippen molar-refractivity contribution >= 4 is 31.8 Å². The van der Waals surface area contributed by atoms with E-state index in [9.17, 15) is 9.59 Å². The molecule has 1 aliphatic rings. The highest BCUT2D eigenvalue weighted by Crippen LogP contribution is 2.43. The number of carbonyl (C=O) groups is 2. The summed E-state index contributed by atoms with van der Waals surface area (Å²) < 4.78 is 40.5. The minimum atomic E-state index is -2.21. The van der Waals surface area contributed by atoms with Crippen molar-refractivity contribution < 1.29 is 32.6 Å². The van der Waals surface area contributed by atoms with Crippen molar-refractivity contribution in [1.82, 2.24) is 19.9 Å².